The average Bonchev–Trinajstić information content (AvgIpc) is 2.47. The lowest BCUT2D eigenvalue weighted by Crippen LogP contribution is -2.38. The molecule has 19 heavy (non-hydrogen) atoms. The highest BCUT2D eigenvalue weighted by Crippen LogP contribution is 2.19. The summed E-state index contributed by atoms with van der Waals surface area (Å²) in [6, 6.07) is 11.2. The molecule has 3 nitrogen and oxygen atoms in total. The van der Waals surface area contributed by atoms with Crippen molar-refractivity contribution in [2.24, 2.45) is 0 Å². The Balaban J connectivity index is 2.65. The van der Waals surface area contributed by atoms with E-state index in [9.17, 15) is 0 Å². The van der Waals surface area contributed by atoms with Crippen molar-refractivity contribution in [2.75, 3.05) is 33.3 Å². The maximum atomic E-state index is 5.27. The fourth-order valence-corrected chi connectivity index (χ4v) is 2.30. The molecule has 0 spiro atoms. The van der Waals surface area contributed by atoms with Crippen LogP contribution in [0.2, 0.25) is 0 Å². The molecule has 2 atom stereocenters. The average molecular weight is 264 g/mol. The zero-order valence-corrected chi connectivity index (χ0v) is 12.7. The van der Waals surface area contributed by atoms with Crippen molar-refractivity contribution in [3.8, 4) is 0 Å². The zero-order valence-electron chi connectivity index (χ0n) is 12.7. The second kappa shape index (κ2) is 9.08. The Morgan fingerprint density at radius 2 is 1.74 bits per heavy atom. The van der Waals surface area contributed by atoms with Crippen molar-refractivity contribution in [3.05, 3.63) is 35.9 Å². The van der Waals surface area contributed by atoms with Crippen LogP contribution in [0.15, 0.2) is 30.3 Å². The number of methoxy groups -OCH3 is 1. The first kappa shape index (κ1) is 16.2. The lowest BCUT2D eigenvalue weighted by Gasteiger charge is -2.30. The van der Waals surface area contributed by atoms with Crippen LogP contribution >= 0.6 is 0 Å². The minimum Gasteiger partial charge on any atom is -0.380 e. The molecule has 1 aromatic carbocycles. The molecule has 0 aromatic heterocycles. The van der Waals surface area contributed by atoms with E-state index in [4.69, 9.17) is 4.74 Å². The van der Waals surface area contributed by atoms with E-state index in [2.05, 4.69) is 61.3 Å². The normalized spacial score (nSPS) is 14.6. The molecular formula is C16H28N2O. The first-order valence-electron chi connectivity index (χ1n) is 7.25. The van der Waals surface area contributed by atoms with Gasteiger partial charge < -0.3 is 10.1 Å². The number of nitrogens with one attached hydrogen (secondary N) is 1. The lowest BCUT2D eigenvalue weighted by molar-refractivity contribution is 0.113. The van der Waals surface area contributed by atoms with E-state index in [-0.39, 0.29) is 6.10 Å². The molecule has 0 aliphatic carbocycles. The van der Waals surface area contributed by atoms with E-state index in [1.54, 1.807) is 7.11 Å². The van der Waals surface area contributed by atoms with Gasteiger partial charge in [-0.1, -0.05) is 44.2 Å². The molecule has 1 aromatic rings. The molecular weight excluding hydrogens is 236 g/mol. The van der Waals surface area contributed by atoms with E-state index < -0.39 is 0 Å². The summed E-state index contributed by atoms with van der Waals surface area (Å²) in [7, 11) is 1.76. The molecule has 1 N–H and O–H groups in total. The van der Waals surface area contributed by atoms with E-state index in [0.717, 1.165) is 26.2 Å². The van der Waals surface area contributed by atoms with Gasteiger partial charge in [0.2, 0.25) is 0 Å². The third-order valence-electron chi connectivity index (χ3n) is 3.61. The van der Waals surface area contributed by atoms with Crippen molar-refractivity contribution in [2.45, 2.75) is 32.9 Å². The third kappa shape index (κ3) is 5.31. The van der Waals surface area contributed by atoms with Crippen LogP contribution in [0.5, 0.6) is 0 Å². The van der Waals surface area contributed by atoms with Crippen molar-refractivity contribution in [1.82, 2.24) is 10.2 Å². The van der Waals surface area contributed by atoms with Crippen LogP contribution in [-0.4, -0.2) is 44.3 Å². The minimum absolute atomic E-state index is 0.258. The predicted molar refractivity (Wildman–Crippen MR) is 81.4 cm³/mol. The van der Waals surface area contributed by atoms with Gasteiger partial charge in [-0.05, 0) is 25.6 Å². The maximum absolute atomic E-state index is 5.27. The molecule has 1 rings (SSSR count). The van der Waals surface area contributed by atoms with E-state index in [1.807, 2.05) is 0 Å². The van der Waals surface area contributed by atoms with Gasteiger partial charge in [-0.25, -0.2) is 0 Å². The van der Waals surface area contributed by atoms with Gasteiger partial charge in [0.1, 0.15) is 0 Å². The molecule has 2 unspecified atom stereocenters. The van der Waals surface area contributed by atoms with Gasteiger partial charge in [-0.15, -0.1) is 0 Å². The number of likely N-dealkylation sites (N-methyl/N-ethyl adjacent to an activating group) is 1. The molecule has 0 radical (unpaired) electrons. The van der Waals surface area contributed by atoms with Gasteiger partial charge >= 0.3 is 0 Å². The molecule has 0 fully saturated rings. The monoisotopic (exact) mass is 264 g/mol. The molecule has 108 valence electrons. The molecule has 0 aliphatic rings. The van der Waals surface area contributed by atoms with Crippen LogP contribution in [0.25, 0.3) is 0 Å². The van der Waals surface area contributed by atoms with Gasteiger partial charge in [-0.2, -0.15) is 0 Å². The summed E-state index contributed by atoms with van der Waals surface area (Å²) in [6.07, 6.45) is 0.258. The number of benzene rings is 1. The Bertz CT molecular complexity index is 325. The van der Waals surface area contributed by atoms with Gasteiger partial charge in [0.15, 0.2) is 0 Å². The van der Waals surface area contributed by atoms with Crippen LogP contribution in [-0.2, 0) is 4.74 Å². The summed E-state index contributed by atoms with van der Waals surface area (Å²) in [5.41, 5.74) is 1.38. The topological polar surface area (TPSA) is 24.5 Å². The number of hydrogen-bond donors (Lipinski definition) is 1. The van der Waals surface area contributed by atoms with E-state index in [1.165, 1.54) is 5.56 Å². The molecule has 0 saturated carbocycles. The Labute approximate surface area is 118 Å². The molecule has 0 bridgehead atoms. The number of hydrogen-bond acceptors (Lipinski definition) is 3. The van der Waals surface area contributed by atoms with Crippen LogP contribution in [0.3, 0.4) is 0 Å². The highest BCUT2D eigenvalue weighted by atomic mass is 16.5. The van der Waals surface area contributed by atoms with Crippen LogP contribution in [0, 0.1) is 0 Å². The summed E-state index contributed by atoms with van der Waals surface area (Å²) >= 11 is 0. The van der Waals surface area contributed by atoms with Gasteiger partial charge in [0.25, 0.3) is 0 Å². The quantitative estimate of drug-likeness (QED) is 0.742. The molecule has 0 saturated heterocycles. The zero-order chi connectivity index (χ0) is 14.1. The third-order valence-corrected chi connectivity index (χ3v) is 3.61. The smallest absolute Gasteiger partial charge is 0.0667 e. The Kier molecular flexibility index (Phi) is 7.72. The lowest BCUT2D eigenvalue weighted by atomic mass is 10.1. The Morgan fingerprint density at radius 1 is 1.11 bits per heavy atom. The van der Waals surface area contributed by atoms with Gasteiger partial charge in [0.05, 0.1) is 6.10 Å². The molecule has 0 heterocycles. The summed E-state index contributed by atoms with van der Waals surface area (Å²) < 4.78 is 5.27. The second-order valence-electron chi connectivity index (χ2n) is 4.85. The largest absolute Gasteiger partial charge is 0.380 e. The van der Waals surface area contributed by atoms with Crippen LogP contribution < -0.4 is 5.32 Å². The fraction of sp³-hybridized carbons (Fsp3) is 0.625. The summed E-state index contributed by atoms with van der Waals surface area (Å²) in [5.74, 6) is 0. The van der Waals surface area contributed by atoms with E-state index >= 15 is 0 Å². The number of nitrogens with zero attached hydrogens (tertiary/aromatic N) is 1. The van der Waals surface area contributed by atoms with E-state index in [0.29, 0.717) is 6.04 Å². The van der Waals surface area contributed by atoms with Crippen molar-refractivity contribution in [1.29, 1.82) is 0 Å². The van der Waals surface area contributed by atoms with Gasteiger partial charge in [-0.3, -0.25) is 4.90 Å². The van der Waals surface area contributed by atoms with Crippen molar-refractivity contribution < 1.29 is 4.74 Å². The first-order valence-corrected chi connectivity index (χ1v) is 7.25. The first-order chi connectivity index (χ1) is 9.22. The Hall–Kier alpha value is -0.900. The SMILES string of the molecule is CCN(CC)C(CNCC(C)OC)c1ccccc1. The number of rotatable bonds is 9. The fourth-order valence-electron chi connectivity index (χ4n) is 2.30. The summed E-state index contributed by atoms with van der Waals surface area (Å²) in [6.45, 7) is 10.5. The van der Waals surface area contributed by atoms with Crippen LogP contribution in [0.4, 0.5) is 0 Å². The summed E-state index contributed by atoms with van der Waals surface area (Å²) in [4.78, 5) is 2.49. The molecule has 0 aliphatic heterocycles. The highest BCUT2D eigenvalue weighted by Gasteiger charge is 2.17. The molecule has 0 amide bonds. The van der Waals surface area contributed by atoms with Gasteiger partial charge in [0, 0.05) is 26.2 Å². The second-order valence-corrected chi connectivity index (χ2v) is 4.85. The predicted octanol–water partition coefficient (Wildman–Crippen LogP) is 2.69. The highest BCUT2D eigenvalue weighted by molar-refractivity contribution is 5.19. The minimum atomic E-state index is 0.258. The number of ether oxygens (including phenoxy) is 1. The molecule has 3 heteroatoms. The standard InChI is InChI=1S/C16H28N2O/c1-5-18(6-2)16(13-17-12-14(3)19-4)15-10-8-7-9-11-15/h7-11,14,16-17H,5-6,12-13H2,1-4H3. The maximum Gasteiger partial charge on any atom is 0.0667 e. The summed E-state index contributed by atoms with van der Waals surface area (Å²) in [5, 5.41) is 3.52. The van der Waals surface area contributed by atoms with Crippen molar-refractivity contribution in [3.63, 3.8) is 0 Å². The van der Waals surface area contributed by atoms with Crippen LogP contribution in [0.1, 0.15) is 32.4 Å². The Morgan fingerprint density at radius 3 is 2.26 bits per heavy atom. The van der Waals surface area contributed by atoms with Crippen molar-refractivity contribution >= 4 is 0 Å².